The van der Waals surface area contributed by atoms with Crippen molar-refractivity contribution in [2.75, 3.05) is 5.73 Å². The fourth-order valence-electron chi connectivity index (χ4n) is 2.96. The van der Waals surface area contributed by atoms with Crippen molar-refractivity contribution in [1.82, 2.24) is 0 Å². The Hall–Kier alpha value is -2.80. The molecule has 0 amide bonds. The van der Waals surface area contributed by atoms with Crippen molar-refractivity contribution in [3.63, 3.8) is 0 Å². The Morgan fingerprint density at radius 2 is 1.32 bits per heavy atom. The highest BCUT2D eigenvalue weighted by atomic mass is 14.6. The molecule has 3 rings (SSSR count). The van der Waals surface area contributed by atoms with Crippen molar-refractivity contribution in [3.05, 3.63) is 106 Å². The van der Waals surface area contributed by atoms with Crippen LogP contribution in [0.5, 0.6) is 0 Å². The topological polar surface area (TPSA) is 26.0 Å². The first-order valence-corrected chi connectivity index (χ1v) is 8.72. The first kappa shape index (κ1) is 17.0. The number of allylic oxidation sites excluding steroid dienone is 1. The molecule has 0 spiro atoms. The van der Waals surface area contributed by atoms with E-state index in [9.17, 15) is 0 Å². The highest BCUT2D eigenvalue weighted by Gasteiger charge is 2.09. The molecule has 0 atom stereocenters. The molecule has 0 unspecified atom stereocenters. The van der Waals surface area contributed by atoms with E-state index in [1.54, 1.807) is 0 Å². The number of anilines is 1. The first-order chi connectivity index (χ1) is 12.0. The van der Waals surface area contributed by atoms with Crippen LogP contribution in [0.1, 0.15) is 33.4 Å². The molecule has 2 N–H and O–H groups in total. The van der Waals surface area contributed by atoms with Crippen molar-refractivity contribution in [3.8, 4) is 0 Å². The van der Waals surface area contributed by atoms with Gasteiger partial charge in [-0.1, -0.05) is 77.4 Å². The molecule has 0 heterocycles. The molecule has 1 heteroatoms. The summed E-state index contributed by atoms with van der Waals surface area (Å²) in [7, 11) is 0. The van der Waals surface area contributed by atoms with Crippen molar-refractivity contribution in [2.24, 2.45) is 0 Å². The quantitative estimate of drug-likeness (QED) is 0.596. The van der Waals surface area contributed by atoms with Gasteiger partial charge in [0.1, 0.15) is 0 Å². The monoisotopic (exact) mass is 327 g/mol. The molecule has 0 aliphatic carbocycles. The maximum Gasteiger partial charge on any atom is 0.0394 e. The Bertz CT molecular complexity index is 884. The van der Waals surface area contributed by atoms with E-state index < -0.39 is 0 Å². The standard InChI is InChI=1S/C24H25N/c1-17-4-9-20(10-5-17)11-14-22(21-12-6-18(2)7-13-21)23-16-19(3)8-15-24(23)25/h4-10,12-16H,11,25H2,1-3H3. The number of benzene rings is 3. The average Bonchev–Trinajstić information content (AvgIpc) is 2.61. The van der Waals surface area contributed by atoms with E-state index in [1.807, 2.05) is 6.07 Å². The van der Waals surface area contributed by atoms with Gasteiger partial charge in [-0.3, -0.25) is 0 Å². The zero-order chi connectivity index (χ0) is 17.8. The second-order valence-corrected chi connectivity index (χ2v) is 6.76. The highest BCUT2D eigenvalue weighted by molar-refractivity contribution is 5.86. The molecular formula is C24H25N. The molecule has 0 bridgehead atoms. The summed E-state index contributed by atoms with van der Waals surface area (Å²) in [6, 6.07) is 23.6. The third kappa shape index (κ3) is 4.19. The van der Waals surface area contributed by atoms with Crippen LogP contribution in [0.25, 0.3) is 5.57 Å². The van der Waals surface area contributed by atoms with Crippen LogP contribution in [0.2, 0.25) is 0 Å². The maximum absolute atomic E-state index is 6.31. The molecular weight excluding hydrogens is 302 g/mol. The fraction of sp³-hybridized carbons (Fsp3) is 0.167. The van der Waals surface area contributed by atoms with Gasteiger partial charge in [0.25, 0.3) is 0 Å². The van der Waals surface area contributed by atoms with Gasteiger partial charge in [-0.25, -0.2) is 0 Å². The number of aryl methyl sites for hydroxylation is 3. The number of hydrogen-bond acceptors (Lipinski definition) is 1. The van der Waals surface area contributed by atoms with E-state index in [0.717, 1.165) is 17.7 Å². The largest absolute Gasteiger partial charge is 0.398 e. The van der Waals surface area contributed by atoms with Crippen LogP contribution in [0.3, 0.4) is 0 Å². The van der Waals surface area contributed by atoms with Gasteiger partial charge < -0.3 is 5.73 Å². The normalized spacial score (nSPS) is 11.6. The van der Waals surface area contributed by atoms with Crippen molar-refractivity contribution in [1.29, 1.82) is 0 Å². The average molecular weight is 327 g/mol. The van der Waals surface area contributed by atoms with Gasteiger partial charge in [0.05, 0.1) is 0 Å². The van der Waals surface area contributed by atoms with Crippen LogP contribution in [0, 0.1) is 20.8 Å². The molecule has 3 aromatic rings. The molecule has 0 aromatic heterocycles. The highest BCUT2D eigenvalue weighted by Crippen LogP contribution is 2.29. The second-order valence-electron chi connectivity index (χ2n) is 6.76. The number of hydrogen-bond donors (Lipinski definition) is 1. The number of nitrogen functional groups attached to an aromatic ring is 1. The molecule has 0 radical (unpaired) electrons. The lowest BCUT2D eigenvalue weighted by molar-refractivity contribution is 1.25. The predicted octanol–water partition coefficient (Wildman–Crippen LogP) is 5.87. The van der Waals surface area contributed by atoms with E-state index in [-0.39, 0.29) is 0 Å². The van der Waals surface area contributed by atoms with Crippen LogP contribution in [-0.4, -0.2) is 0 Å². The molecule has 3 aromatic carbocycles. The van der Waals surface area contributed by atoms with Crippen LogP contribution < -0.4 is 5.73 Å². The minimum absolute atomic E-state index is 0.821. The lowest BCUT2D eigenvalue weighted by atomic mass is 9.93. The third-order valence-electron chi connectivity index (χ3n) is 4.52. The predicted molar refractivity (Wildman–Crippen MR) is 109 cm³/mol. The molecule has 0 aliphatic rings. The van der Waals surface area contributed by atoms with Gasteiger partial charge in [0.2, 0.25) is 0 Å². The van der Waals surface area contributed by atoms with Gasteiger partial charge in [0, 0.05) is 11.3 Å². The summed E-state index contributed by atoms with van der Waals surface area (Å²) < 4.78 is 0. The lowest BCUT2D eigenvalue weighted by Gasteiger charge is -2.13. The van der Waals surface area contributed by atoms with E-state index in [0.29, 0.717) is 0 Å². The van der Waals surface area contributed by atoms with Gasteiger partial charge in [-0.2, -0.15) is 0 Å². The molecule has 25 heavy (non-hydrogen) atoms. The molecule has 0 saturated carbocycles. The zero-order valence-corrected chi connectivity index (χ0v) is 15.2. The third-order valence-corrected chi connectivity index (χ3v) is 4.52. The number of rotatable bonds is 4. The van der Waals surface area contributed by atoms with Crippen molar-refractivity contribution < 1.29 is 0 Å². The van der Waals surface area contributed by atoms with Gasteiger partial charge in [-0.05, 0) is 56.0 Å². The molecule has 126 valence electrons. The number of nitrogens with two attached hydrogens (primary N) is 1. The second kappa shape index (κ2) is 7.40. The van der Waals surface area contributed by atoms with Crippen LogP contribution in [0.15, 0.2) is 72.8 Å². The summed E-state index contributed by atoms with van der Waals surface area (Å²) in [6.07, 6.45) is 3.18. The SMILES string of the molecule is Cc1ccc(CC=C(c2ccc(C)cc2)c2cc(C)ccc2N)cc1. The molecule has 1 nitrogen and oxygen atoms in total. The Morgan fingerprint density at radius 1 is 0.760 bits per heavy atom. The summed E-state index contributed by atoms with van der Waals surface area (Å²) in [5, 5.41) is 0. The van der Waals surface area contributed by atoms with Gasteiger partial charge in [0.15, 0.2) is 0 Å². The Balaban J connectivity index is 2.04. The summed E-state index contributed by atoms with van der Waals surface area (Å²) in [6.45, 7) is 6.33. The maximum atomic E-state index is 6.31. The summed E-state index contributed by atoms with van der Waals surface area (Å²) >= 11 is 0. The van der Waals surface area contributed by atoms with E-state index >= 15 is 0 Å². The smallest absolute Gasteiger partial charge is 0.0394 e. The summed E-state index contributed by atoms with van der Waals surface area (Å²) in [4.78, 5) is 0. The Morgan fingerprint density at radius 3 is 1.96 bits per heavy atom. The molecule has 0 aliphatic heterocycles. The van der Waals surface area contributed by atoms with Crippen LogP contribution in [-0.2, 0) is 6.42 Å². The zero-order valence-electron chi connectivity index (χ0n) is 15.2. The van der Waals surface area contributed by atoms with Gasteiger partial charge in [-0.15, -0.1) is 0 Å². The van der Waals surface area contributed by atoms with Crippen LogP contribution >= 0.6 is 0 Å². The molecule has 0 fully saturated rings. The van der Waals surface area contributed by atoms with Crippen LogP contribution in [0.4, 0.5) is 5.69 Å². The summed E-state index contributed by atoms with van der Waals surface area (Å²) in [5.74, 6) is 0. The first-order valence-electron chi connectivity index (χ1n) is 8.72. The van der Waals surface area contributed by atoms with Gasteiger partial charge >= 0.3 is 0 Å². The van der Waals surface area contributed by atoms with E-state index in [4.69, 9.17) is 5.73 Å². The fourth-order valence-corrected chi connectivity index (χ4v) is 2.96. The van der Waals surface area contributed by atoms with E-state index in [1.165, 1.54) is 33.4 Å². The lowest BCUT2D eigenvalue weighted by Crippen LogP contribution is -1.97. The minimum Gasteiger partial charge on any atom is -0.398 e. The van der Waals surface area contributed by atoms with E-state index in [2.05, 4.69) is 87.5 Å². The van der Waals surface area contributed by atoms with Crippen molar-refractivity contribution in [2.45, 2.75) is 27.2 Å². The molecule has 0 saturated heterocycles. The Kier molecular flexibility index (Phi) is 5.04. The summed E-state index contributed by atoms with van der Waals surface area (Å²) in [5.41, 5.74) is 15.7. The minimum atomic E-state index is 0.821. The Labute approximate surface area is 150 Å². The van der Waals surface area contributed by atoms with Crippen molar-refractivity contribution >= 4 is 11.3 Å².